The average molecular weight is 338 g/mol. The Morgan fingerprint density at radius 2 is 1.46 bits per heavy atom. The Morgan fingerprint density at radius 3 is 2.08 bits per heavy atom. The molecule has 0 atom stereocenters. The number of aromatic nitrogens is 1. The van der Waals surface area contributed by atoms with E-state index in [0.29, 0.717) is 5.88 Å². The van der Waals surface area contributed by atoms with Gasteiger partial charge in [0.1, 0.15) is 0 Å². The van der Waals surface area contributed by atoms with Crippen LogP contribution in [-0.2, 0) is 0 Å². The number of ether oxygens (including phenoxy) is 1. The fourth-order valence-electron chi connectivity index (χ4n) is 2.99. The highest BCUT2D eigenvalue weighted by molar-refractivity contribution is 6.14. The molecule has 126 valence electrons. The van der Waals surface area contributed by atoms with Crippen molar-refractivity contribution in [2.75, 3.05) is 7.11 Å². The average Bonchev–Trinajstić information content (AvgIpc) is 2.72. The van der Waals surface area contributed by atoms with Crippen molar-refractivity contribution in [1.29, 1.82) is 0 Å². The summed E-state index contributed by atoms with van der Waals surface area (Å²) < 4.78 is 5.34. The van der Waals surface area contributed by atoms with Crippen LogP contribution < -0.4 is 4.74 Å². The minimum atomic E-state index is 0.629. The minimum Gasteiger partial charge on any atom is -0.481 e. The molecule has 0 fully saturated rings. The van der Waals surface area contributed by atoms with Gasteiger partial charge in [-0.05, 0) is 29.7 Å². The highest BCUT2D eigenvalue weighted by atomic mass is 16.5. The van der Waals surface area contributed by atoms with Crippen LogP contribution in [0.25, 0.3) is 10.8 Å². The predicted molar refractivity (Wildman–Crippen MR) is 106 cm³/mol. The van der Waals surface area contributed by atoms with Crippen LogP contribution >= 0.6 is 0 Å². The third kappa shape index (κ3) is 3.20. The van der Waals surface area contributed by atoms with Crippen molar-refractivity contribution in [3.05, 3.63) is 102 Å². The van der Waals surface area contributed by atoms with Crippen LogP contribution in [0, 0.1) is 0 Å². The first-order chi connectivity index (χ1) is 12.8. The van der Waals surface area contributed by atoms with Gasteiger partial charge in [0, 0.05) is 22.7 Å². The molecular weight excluding hydrogens is 320 g/mol. The molecule has 0 radical (unpaired) electrons. The Kier molecular flexibility index (Phi) is 4.44. The number of hydrogen-bond donors (Lipinski definition) is 0. The van der Waals surface area contributed by atoms with Gasteiger partial charge in [0.2, 0.25) is 5.88 Å². The van der Waals surface area contributed by atoms with Crippen molar-refractivity contribution >= 4 is 22.2 Å². The monoisotopic (exact) mass is 338 g/mol. The normalized spacial score (nSPS) is 10.5. The van der Waals surface area contributed by atoms with Gasteiger partial charge in [0.15, 0.2) is 0 Å². The van der Waals surface area contributed by atoms with Gasteiger partial charge in [-0.25, -0.2) is 9.98 Å². The summed E-state index contributed by atoms with van der Waals surface area (Å²) in [5.41, 5.74) is 4.03. The van der Waals surface area contributed by atoms with Gasteiger partial charge in [-0.1, -0.05) is 60.7 Å². The lowest BCUT2D eigenvalue weighted by Crippen LogP contribution is -2.02. The number of methoxy groups -OCH3 is 1. The zero-order valence-corrected chi connectivity index (χ0v) is 14.5. The number of fused-ring (bicyclic) bond motifs is 1. The molecule has 0 saturated heterocycles. The van der Waals surface area contributed by atoms with E-state index < -0.39 is 0 Å². The van der Waals surface area contributed by atoms with Gasteiger partial charge in [-0.3, -0.25) is 0 Å². The highest BCUT2D eigenvalue weighted by Gasteiger charge is 2.08. The zero-order valence-electron chi connectivity index (χ0n) is 14.5. The molecule has 3 nitrogen and oxygen atoms in total. The molecule has 0 amide bonds. The van der Waals surface area contributed by atoms with E-state index in [-0.39, 0.29) is 0 Å². The summed E-state index contributed by atoms with van der Waals surface area (Å²) in [4.78, 5) is 9.21. The first-order valence-electron chi connectivity index (χ1n) is 8.47. The maximum Gasteiger partial charge on any atom is 0.221 e. The molecule has 0 spiro atoms. The molecule has 0 aliphatic heterocycles. The van der Waals surface area contributed by atoms with Crippen LogP contribution in [0.1, 0.15) is 11.1 Å². The molecule has 4 aromatic rings. The lowest BCUT2D eigenvalue weighted by Gasteiger charge is -2.09. The molecule has 0 unspecified atom stereocenters. The van der Waals surface area contributed by atoms with E-state index in [1.807, 2.05) is 54.6 Å². The summed E-state index contributed by atoms with van der Waals surface area (Å²) in [5, 5.41) is 2.04. The molecule has 1 heterocycles. The molecule has 0 aliphatic carbocycles. The van der Waals surface area contributed by atoms with Crippen LogP contribution in [0.2, 0.25) is 0 Å². The van der Waals surface area contributed by atoms with Crippen molar-refractivity contribution < 1.29 is 4.74 Å². The lowest BCUT2D eigenvalue weighted by atomic mass is 10.0. The molecule has 0 N–H and O–H groups in total. The third-order valence-electron chi connectivity index (χ3n) is 4.24. The number of nitrogens with zero attached hydrogens (tertiary/aromatic N) is 2. The quantitative estimate of drug-likeness (QED) is 0.466. The number of aliphatic imine (C=N–C) groups is 1. The molecule has 26 heavy (non-hydrogen) atoms. The van der Waals surface area contributed by atoms with E-state index >= 15 is 0 Å². The van der Waals surface area contributed by atoms with Gasteiger partial charge in [0.05, 0.1) is 18.5 Å². The Labute approximate surface area is 152 Å². The SMILES string of the molecule is COc1nccc2cc(N=C(c3ccccc3)c3ccccc3)ccc12. The standard InChI is InChI=1S/C23H18N2O/c1-26-23-21-13-12-20(16-19(21)14-15-24-23)25-22(17-8-4-2-5-9-17)18-10-6-3-7-11-18/h2-16H,1H3. The second-order valence-electron chi connectivity index (χ2n) is 5.92. The van der Waals surface area contributed by atoms with Crippen molar-refractivity contribution in [2.24, 2.45) is 4.99 Å². The number of benzene rings is 3. The van der Waals surface area contributed by atoms with Gasteiger partial charge in [0.25, 0.3) is 0 Å². The van der Waals surface area contributed by atoms with Crippen molar-refractivity contribution in [2.45, 2.75) is 0 Å². The third-order valence-corrected chi connectivity index (χ3v) is 4.24. The highest BCUT2D eigenvalue weighted by Crippen LogP contribution is 2.28. The van der Waals surface area contributed by atoms with Crippen molar-refractivity contribution in [3.63, 3.8) is 0 Å². The lowest BCUT2D eigenvalue weighted by molar-refractivity contribution is 0.403. The Morgan fingerprint density at radius 1 is 0.808 bits per heavy atom. The van der Waals surface area contributed by atoms with Crippen molar-refractivity contribution in [3.8, 4) is 5.88 Å². The maximum absolute atomic E-state index is 5.34. The van der Waals surface area contributed by atoms with E-state index in [1.165, 1.54) is 0 Å². The summed E-state index contributed by atoms with van der Waals surface area (Å²) in [6, 6.07) is 28.5. The molecular formula is C23H18N2O. The van der Waals surface area contributed by atoms with E-state index in [2.05, 4.69) is 35.3 Å². The van der Waals surface area contributed by atoms with E-state index in [4.69, 9.17) is 9.73 Å². The molecule has 0 aliphatic rings. The molecule has 0 bridgehead atoms. The summed E-state index contributed by atoms with van der Waals surface area (Å²) in [6.45, 7) is 0. The van der Waals surface area contributed by atoms with Crippen LogP contribution in [0.5, 0.6) is 5.88 Å². The van der Waals surface area contributed by atoms with Crippen LogP contribution in [-0.4, -0.2) is 17.8 Å². The minimum absolute atomic E-state index is 0.629. The fraction of sp³-hybridized carbons (Fsp3) is 0.0435. The summed E-state index contributed by atoms with van der Waals surface area (Å²) in [5.74, 6) is 0.629. The van der Waals surface area contributed by atoms with Crippen LogP contribution in [0.4, 0.5) is 5.69 Å². The van der Waals surface area contributed by atoms with Crippen molar-refractivity contribution in [1.82, 2.24) is 4.98 Å². The largest absolute Gasteiger partial charge is 0.481 e. The summed E-state index contributed by atoms with van der Waals surface area (Å²) in [7, 11) is 1.64. The first-order valence-corrected chi connectivity index (χ1v) is 8.47. The summed E-state index contributed by atoms with van der Waals surface area (Å²) >= 11 is 0. The molecule has 0 saturated carbocycles. The zero-order chi connectivity index (χ0) is 17.8. The van der Waals surface area contributed by atoms with Gasteiger partial charge < -0.3 is 4.74 Å². The number of pyridine rings is 1. The maximum atomic E-state index is 5.34. The van der Waals surface area contributed by atoms with E-state index in [9.17, 15) is 0 Å². The first kappa shape index (κ1) is 16.0. The summed E-state index contributed by atoms with van der Waals surface area (Å²) in [6.07, 6.45) is 1.75. The second kappa shape index (κ2) is 7.19. The number of rotatable bonds is 4. The molecule has 3 heteroatoms. The van der Waals surface area contributed by atoms with Crippen LogP contribution in [0.15, 0.2) is 96.1 Å². The predicted octanol–water partition coefficient (Wildman–Crippen LogP) is 5.41. The number of hydrogen-bond acceptors (Lipinski definition) is 3. The molecule has 3 aromatic carbocycles. The van der Waals surface area contributed by atoms with E-state index in [1.54, 1.807) is 13.3 Å². The van der Waals surface area contributed by atoms with Gasteiger partial charge in [-0.2, -0.15) is 0 Å². The topological polar surface area (TPSA) is 34.5 Å². The fourth-order valence-corrected chi connectivity index (χ4v) is 2.99. The van der Waals surface area contributed by atoms with Crippen LogP contribution in [0.3, 0.4) is 0 Å². The smallest absolute Gasteiger partial charge is 0.221 e. The van der Waals surface area contributed by atoms with Gasteiger partial charge in [-0.15, -0.1) is 0 Å². The second-order valence-corrected chi connectivity index (χ2v) is 5.92. The Hall–Kier alpha value is -3.46. The van der Waals surface area contributed by atoms with Gasteiger partial charge >= 0.3 is 0 Å². The Bertz CT molecular complexity index is 1020. The molecule has 1 aromatic heterocycles. The molecule has 4 rings (SSSR count). The Balaban J connectivity index is 1.86. The van der Waals surface area contributed by atoms with E-state index in [0.717, 1.165) is 33.3 Å².